The fourth-order valence-corrected chi connectivity index (χ4v) is 4.53. The molecule has 1 atom stereocenters. The quantitative estimate of drug-likeness (QED) is 0.638. The van der Waals surface area contributed by atoms with E-state index in [0.717, 1.165) is 43.4 Å². The number of halogens is 3. The number of hydrogen-bond donors (Lipinski definition) is 1. The van der Waals surface area contributed by atoms with Gasteiger partial charge in [-0.3, -0.25) is 9.69 Å². The van der Waals surface area contributed by atoms with Crippen LogP contribution in [0, 0.1) is 0 Å². The maximum absolute atomic E-state index is 13.3. The zero-order valence-corrected chi connectivity index (χ0v) is 18.5. The van der Waals surface area contributed by atoms with Gasteiger partial charge in [0, 0.05) is 6.54 Å². The number of benzene rings is 2. The number of piperidine rings is 1. The Labute approximate surface area is 190 Å². The summed E-state index contributed by atoms with van der Waals surface area (Å²) in [4.78, 5) is 26.9. The van der Waals surface area contributed by atoms with Crippen LogP contribution in [-0.2, 0) is 27.8 Å². The largest absolute Gasteiger partial charge is 0.465 e. The van der Waals surface area contributed by atoms with Gasteiger partial charge in [0.05, 0.1) is 29.8 Å². The van der Waals surface area contributed by atoms with Crippen LogP contribution in [0.3, 0.4) is 0 Å². The SMILES string of the molecule is COC(=O)c1ccc(C2(NC(=O)[C@H]3CCCCN3Cc3cccc(C(F)(F)F)c3)CC2)cc1. The van der Waals surface area contributed by atoms with Crippen molar-refractivity contribution in [1.82, 2.24) is 10.2 Å². The van der Waals surface area contributed by atoms with E-state index in [9.17, 15) is 22.8 Å². The van der Waals surface area contributed by atoms with Crippen molar-refractivity contribution in [1.29, 1.82) is 0 Å². The topological polar surface area (TPSA) is 58.6 Å². The van der Waals surface area contributed by atoms with E-state index in [1.165, 1.54) is 13.2 Å². The van der Waals surface area contributed by atoms with Gasteiger partial charge in [-0.1, -0.05) is 36.8 Å². The first-order valence-electron chi connectivity index (χ1n) is 11.1. The van der Waals surface area contributed by atoms with Crippen molar-refractivity contribution in [2.75, 3.05) is 13.7 Å². The molecular weight excluding hydrogens is 433 g/mol. The Morgan fingerprint density at radius 3 is 2.48 bits per heavy atom. The zero-order valence-electron chi connectivity index (χ0n) is 18.5. The molecule has 176 valence electrons. The minimum absolute atomic E-state index is 0.101. The molecule has 2 aromatic carbocycles. The molecule has 1 saturated heterocycles. The highest BCUT2D eigenvalue weighted by Crippen LogP contribution is 2.46. The molecule has 5 nitrogen and oxygen atoms in total. The van der Waals surface area contributed by atoms with Crippen molar-refractivity contribution in [2.24, 2.45) is 0 Å². The Hall–Kier alpha value is -2.87. The number of hydrogen-bond acceptors (Lipinski definition) is 4. The summed E-state index contributed by atoms with van der Waals surface area (Å²) in [7, 11) is 1.33. The number of nitrogens with zero attached hydrogens (tertiary/aromatic N) is 1. The molecule has 1 heterocycles. The Bertz CT molecular complexity index is 1020. The van der Waals surface area contributed by atoms with Crippen LogP contribution in [0.25, 0.3) is 0 Å². The van der Waals surface area contributed by atoms with E-state index in [-0.39, 0.29) is 11.9 Å². The Balaban J connectivity index is 1.46. The molecule has 1 aliphatic carbocycles. The molecule has 1 amide bonds. The lowest BCUT2D eigenvalue weighted by molar-refractivity contribution is -0.137. The van der Waals surface area contributed by atoms with Gasteiger partial charge in [0.2, 0.25) is 5.91 Å². The van der Waals surface area contributed by atoms with Crippen LogP contribution in [0.15, 0.2) is 48.5 Å². The number of methoxy groups -OCH3 is 1. The summed E-state index contributed by atoms with van der Waals surface area (Å²) < 4.78 is 44.0. The maximum atomic E-state index is 13.3. The second-order valence-corrected chi connectivity index (χ2v) is 8.82. The van der Waals surface area contributed by atoms with Crippen LogP contribution < -0.4 is 5.32 Å². The summed E-state index contributed by atoms with van der Waals surface area (Å²) in [5.74, 6) is -0.515. The highest BCUT2D eigenvalue weighted by molar-refractivity contribution is 5.89. The third-order valence-electron chi connectivity index (χ3n) is 6.53. The van der Waals surface area contributed by atoms with E-state index < -0.39 is 23.2 Å². The van der Waals surface area contributed by atoms with Gasteiger partial charge < -0.3 is 10.1 Å². The number of ether oxygens (including phenoxy) is 1. The van der Waals surface area contributed by atoms with Gasteiger partial charge in [-0.25, -0.2) is 4.79 Å². The summed E-state index contributed by atoms with van der Waals surface area (Å²) in [6.45, 7) is 0.956. The Morgan fingerprint density at radius 1 is 1.12 bits per heavy atom. The average Bonchev–Trinajstić information content (AvgIpc) is 3.59. The number of esters is 1. The molecular formula is C25H27F3N2O3. The summed E-state index contributed by atoms with van der Waals surface area (Å²) in [5, 5.41) is 3.19. The van der Waals surface area contributed by atoms with Gasteiger partial charge in [0.1, 0.15) is 0 Å². The molecule has 0 bridgehead atoms. The van der Waals surface area contributed by atoms with Crippen molar-refractivity contribution in [3.05, 3.63) is 70.8 Å². The van der Waals surface area contributed by atoms with Gasteiger partial charge in [-0.05, 0) is 61.6 Å². The molecule has 2 fully saturated rings. The van der Waals surface area contributed by atoms with E-state index in [1.54, 1.807) is 18.2 Å². The lowest BCUT2D eigenvalue weighted by atomic mass is 9.98. The standard InChI is InChI=1S/C25H27F3N2O3/c1-33-23(32)18-8-10-19(11-9-18)24(12-13-24)29-22(31)21-7-2-3-14-30(21)16-17-5-4-6-20(15-17)25(26,27)28/h4-6,8-11,15,21H,2-3,7,12-14,16H2,1H3,(H,29,31)/t21-/m1/s1. The van der Waals surface area contributed by atoms with E-state index >= 15 is 0 Å². The van der Waals surface area contributed by atoms with Gasteiger partial charge in [-0.15, -0.1) is 0 Å². The fraction of sp³-hybridized carbons (Fsp3) is 0.440. The maximum Gasteiger partial charge on any atom is 0.416 e. The molecule has 8 heteroatoms. The van der Waals surface area contributed by atoms with Crippen molar-refractivity contribution in [2.45, 2.75) is 56.4 Å². The first-order valence-corrected chi connectivity index (χ1v) is 11.1. The molecule has 1 aliphatic heterocycles. The van der Waals surface area contributed by atoms with Crippen LogP contribution in [0.5, 0.6) is 0 Å². The zero-order chi connectivity index (χ0) is 23.6. The van der Waals surface area contributed by atoms with Crippen molar-refractivity contribution in [3.8, 4) is 0 Å². The minimum Gasteiger partial charge on any atom is -0.465 e. The van der Waals surface area contributed by atoms with Gasteiger partial charge >= 0.3 is 12.1 Å². The van der Waals surface area contributed by atoms with Gasteiger partial charge in [0.25, 0.3) is 0 Å². The minimum atomic E-state index is -4.39. The van der Waals surface area contributed by atoms with Crippen LogP contribution in [0.4, 0.5) is 13.2 Å². The van der Waals surface area contributed by atoms with Gasteiger partial charge in [-0.2, -0.15) is 13.2 Å². The molecule has 2 aromatic rings. The normalized spacial score (nSPS) is 20.2. The fourth-order valence-electron chi connectivity index (χ4n) is 4.53. The molecule has 0 spiro atoms. The highest BCUT2D eigenvalue weighted by Gasteiger charge is 2.47. The number of amides is 1. The molecule has 0 unspecified atom stereocenters. The molecule has 2 aliphatic rings. The average molecular weight is 460 g/mol. The number of rotatable bonds is 6. The Kier molecular flexibility index (Phi) is 6.47. The molecule has 33 heavy (non-hydrogen) atoms. The first-order chi connectivity index (χ1) is 15.7. The third-order valence-corrected chi connectivity index (χ3v) is 6.53. The first kappa shape index (κ1) is 23.3. The smallest absolute Gasteiger partial charge is 0.416 e. The van der Waals surface area contributed by atoms with Gasteiger partial charge in [0.15, 0.2) is 0 Å². The van der Waals surface area contributed by atoms with Crippen LogP contribution >= 0.6 is 0 Å². The molecule has 1 N–H and O–H groups in total. The van der Waals surface area contributed by atoms with E-state index in [1.807, 2.05) is 17.0 Å². The lowest BCUT2D eigenvalue weighted by Gasteiger charge is -2.36. The van der Waals surface area contributed by atoms with Crippen LogP contribution in [0.2, 0.25) is 0 Å². The highest BCUT2D eigenvalue weighted by atomic mass is 19.4. The summed E-state index contributed by atoms with van der Waals surface area (Å²) in [6, 6.07) is 12.0. The molecule has 0 radical (unpaired) electrons. The number of nitrogens with one attached hydrogen (secondary N) is 1. The molecule has 0 aromatic heterocycles. The summed E-state index contributed by atoms with van der Waals surface area (Å²) in [6.07, 6.45) is -0.313. The van der Waals surface area contributed by atoms with Crippen molar-refractivity contribution >= 4 is 11.9 Å². The van der Waals surface area contributed by atoms with Crippen molar-refractivity contribution < 1.29 is 27.5 Å². The molecule has 4 rings (SSSR count). The van der Waals surface area contributed by atoms with Crippen molar-refractivity contribution in [3.63, 3.8) is 0 Å². The third kappa shape index (κ3) is 5.21. The Morgan fingerprint density at radius 2 is 1.85 bits per heavy atom. The number of carbonyl (C=O) groups is 2. The second kappa shape index (κ2) is 9.17. The number of likely N-dealkylation sites (tertiary alicyclic amines) is 1. The van der Waals surface area contributed by atoms with E-state index in [4.69, 9.17) is 4.74 Å². The molecule has 1 saturated carbocycles. The predicted octanol–water partition coefficient (Wildman–Crippen LogP) is 4.65. The summed E-state index contributed by atoms with van der Waals surface area (Å²) in [5.41, 5.74) is 0.798. The summed E-state index contributed by atoms with van der Waals surface area (Å²) >= 11 is 0. The lowest BCUT2D eigenvalue weighted by Crippen LogP contribution is -2.51. The number of alkyl halides is 3. The predicted molar refractivity (Wildman–Crippen MR) is 116 cm³/mol. The number of carbonyl (C=O) groups excluding carboxylic acids is 2. The van der Waals surface area contributed by atoms with E-state index in [0.29, 0.717) is 30.6 Å². The second-order valence-electron chi connectivity index (χ2n) is 8.82. The monoisotopic (exact) mass is 460 g/mol. The van der Waals surface area contributed by atoms with Crippen LogP contribution in [0.1, 0.15) is 59.2 Å². The van der Waals surface area contributed by atoms with E-state index in [2.05, 4.69) is 5.32 Å². The van der Waals surface area contributed by atoms with Crippen LogP contribution in [-0.4, -0.2) is 36.5 Å².